The number of likely N-dealkylation sites (N-methyl/N-ethyl adjacent to an activating group) is 1. The van der Waals surface area contributed by atoms with Gasteiger partial charge < -0.3 is 9.64 Å². The van der Waals surface area contributed by atoms with Gasteiger partial charge in [0.15, 0.2) is 5.69 Å². The summed E-state index contributed by atoms with van der Waals surface area (Å²) >= 11 is 0. The van der Waals surface area contributed by atoms with Crippen LogP contribution in [0.5, 0.6) is 0 Å². The minimum Gasteiger partial charge on any atom is -0.461 e. The second kappa shape index (κ2) is 7.66. The van der Waals surface area contributed by atoms with E-state index in [2.05, 4.69) is 29.0 Å². The van der Waals surface area contributed by atoms with Gasteiger partial charge in [0.1, 0.15) is 0 Å². The van der Waals surface area contributed by atoms with Crippen LogP contribution in [0.2, 0.25) is 0 Å². The molecule has 6 heteroatoms. The first kappa shape index (κ1) is 17.4. The van der Waals surface area contributed by atoms with Crippen LogP contribution in [0.1, 0.15) is 54.4 Å². The highest BCUT2D eigenvalue weighted by molar-refractivity contribution is 5.89. The summed E-state index contributed by atoms with van der Waals surface area (Å²) in [7, 11) is 4.12. The van der Waals surface area contributed by atoms with Gasteiger partial charge in [-0.15, -0.1) is 0 Å². The Hall–Kier alpha value is -1.40. The Bertz CT molecular complexity index is 576. The zero-order valence-electron chi connectivity index (χ0n) is 15.3. The Morgan fingerprint density at radius 1 is 1.33 bits per heavy atom. The van der Waals surface area contributed by atoms with Crippen molar-refractivity contribution in [2.24, 2.45) is 0 Å². The quantitative estimate of drug-likeness (QED) is 0.744. The van der Waals surface area contributed by atoms with Crippen molar-refractivity contribution in [1.82, 2.24) is 19.6 Å². The summed E-state index contributed by atoms with van der Waals surface area (Å²) in [4.78, 5) is 17.1. The van der Waals surface area contributed by atoms with Crippen LogP contribution >= 0.6 is 0 Å². The number of hydrogen-bond acceptors (Lipinski definition) is 5. The molecule has 134 valence electrons. The monoisotopic (exact) mass is 334 g/mol. The molecule has 1 saturated carbocycles. The van der Waals surface area contributed by atoms with E-state index >= 15 is 0 Å². The van der Waals surface area contributed by atoms with Gasteiger partial charge in [0.2, 0.25) is 0 Å². The molecular weight excluding hydrogens is 304 g/mol. The molecule has 0 N–H and O–H groups in total. The van der Waals surface area contributed by atoms with Gasteiger partial charge in [-0.2, -0.15) is 5.10 Å². The Morgan fingerprint density at radius 3 is 2.75 bits per heavy atom. The smallest absolute Gasteiger partial charge is 0.359 e. The molecule has 0 atom stereocenters. The van der Waals surface area contributed by atoms with Crippen LogP contribution in [0.4, 0.5) is 0 Å². The molecule has 0 aromatic carbocycles. The van der Waals surface area contributed by atoms with Gasteiger partial charge in [0.25, 0.3) is 0 Å². The molecular formula is C18H30N4O2. The van der Waals surface area contributed by atoms with E-state index in [9.17, 15) is 4.79 Å². The summed E-state index contributed by atoms with van der Waals surface area (Å²) in [6, 6.07) is 0.679. The first-order chi connectivity index (χ1) is 11.6. The van der Waals surface area contributed by atoms with Crippen molar-refractivity contribution in [1.29, 1.82) is 0 Å². The molecule has 0 unspecified atom stereocenters. The molecule has 6 nitrogen and oxygen atoms in total. The molecule has 2 aliphatic rings. The number of nitrogens with zero attached hydrogens (tertiary/aromatic N) is 4. The van der Waals surface area contributed by atoms with Crippen molar-refractivity contribution in [3.8, 4) is 0 Å². The van der Waals surface area contributed by atoms with Gasteiger partial charge >= 0.3 is 5.97 Å². The Morgan fingerprint density at radius 2 is 2.08 bits per heavy atom. The molecule has 1 aromatic rings. The lowest BCUT2D eigenvalue weighted by Gasteiger charge is -2.32. The molecule has 0 bridgehead atoms. The molecule has 0 radical (unpaired) electrons. The number of carbonyl (C=O) groups excluding carboxylic acids is 1. The molecule has 0 spiro atoms. The number of esters is 1. The van der Waals surface area contributed by atoms with Gasteiger partial charge in [0.05, 0.1) is 13.2 Å². The lowest BCUT2D eigenvalue weighted by atomic mass is 10.0. The largest absolute Gasteiger partial charge is 0.461 e. The maximum absolute atomic E-state index is 12.4. The molecule has 1 aliphatic carbocycles. The molecule has 0 saturated heterocycles. The number of ether oxygens (including phenoxy) is 1. The zero-order valence-corrected chi connectivity index (χ0v) is 15.3. The molecule has 1 aromatic heterocycles. The molecule has 24 heavy (non-hydrogen) atoms. The third-order valence-electron chi connectivity index (χ3n) is 5.23. The van der Waals surface area contributed by atoms with Crippen LogP contribution in [0.15, 0.2) is 0 Å². The van der Waals surface area contributed by atoms with Crippen LogP contribution in [-0.2, 0) is 24.2 Å². The summed E-state index contributed by atoms with van der Waals surface area (Å²) in [6.45, 7) is 5.90. The molecule has 1 aliphatic heterocycles. The minimum atomic E-state index is -0.273. The Labute approximate surface area is 144 Å². The lowest BCUT2D eigenvalue weighted by Crippen LogP contribution is -2.38. The van der Waals surface area contributed by atoms with Crippen LogP contribution in [0.3, 0.4) is 0 Å². The summed E-state index contributed by atoms with van der Waals surface area (Å²) < 4.78 is 7.29. The number of carbonyl (C=O) groups is 1. The summed E-state index contributed by atoms with van der Waals surface area (Å²) in [5.74, 6) is -0.273. The SMILES string of the molecule is CCOC(=O)c1nn(CCN(C)C)c2c1CN(C1CCCC1)CC2. The number of rotatable bonds is 6. The maximum Gasteiger partial charge on any atom is 0.359 e. The van der Waals surface area contributed by atoms with Gasteiger partial charge in [-0.05, 0) is 33.9 Å². The number of aromatic nitrogens is 2. The molecule has 2 heterocycles. The molecule has 0 amide bonds. The first-order valence-corrected chi connectivity index (χ1v) is 9.24. The summed E-state index contributed by atoms with van der Waals surface area (Å²) in [5.41, 5.74) is 2.87. The fraction of sp³-hybridized carbons (Fsp3) is 0.778. The zero-order chi connectivity index (χ0) is 17.1. The highest BCUT2D eigenvalue weighted by atomic mass is 16.5. The summed E-state index contributed by atoms with van der Waals surface area (Å²) in [5, 5.41) is 4.63. The Balaban J connectivity index is 1.84. The molecule has 3 rings (SSSR count). The number of hydrogen-bond donors (Lipinski definition) is 0. The van der Waals surface area contributed by atoms with E-state index in [1.54, 1.807) is 0 Å². The maximum atomic E-state index is 12.4. The predicted octanol–water partition coefficient (Wildman–Crippen LogP) is 1.92. The van der Waals surface area contributed by atoms with Gasteiger partial charge in [0, 0.05) is 43.4 Å². The van der Waals surface area contributed by atoms with E-state index in [4.69, 9.17) is 4.74 Å². The van der Waals surface area contributed by atoms with E-state index in [1.165, 1.54) is 31.4 Å². The van der Waals surface area contributed by atoms with Crippen molar-refractivity contribution in [3.05, 3.63) is 17.0 Å². The summed E-state index contributed by atoms with van der Waals surface area (Å²) in [6.07, 6.45) is 6.23. The van der Waals surface area contributed by atoms with Crippen LogP contribution in [0, 0.1) is 0 Å². The van der Waals surface area contributed by atoms with E-state index in [1.807, 2.05) is 11.6 Å². The third-order valence-corrected chi connectivity index (χ3v) is 5.23. The standard InChI is InChI=1S/C18H30N4O2/c1-4-24-18(23)17-15-13-21(14-7-5-6-8-14)10-9-16(15)22(19-17)12-11-20(2)3/h14H,4-13H2,1-3H3. The van der Waals surface area contributed by atoms with Crippen molar-refractivity contribution < 1.29 is 9.53 Å². The normalized spacial score (nSPS) is 19.0. The van der Waals surface area contributed by atoms with Crippen molar-refractivity contribution in [3.63, 3.8) is 0 Å². The first-order valence-electron chi connectivity index (χ1n) is 9.24. The average molecular weight is 334 g/mol. The second-order valence-electron chi connectivity index (χ2n) is 7.18. The van der Waals surface area contributed by atoms with Gasteiger partial charge in [-0.25, -0.2) is 4.79 Å². The van der Waals surface area contributed by atoms with Crippen LogP contribution in [0.25, 0.3) is 0 Å². The van der Waals surface area contributed by atoms with E-state index < -0.39 is 0 Å². The topological polar surface area (TPSA) is 50.6 Å². The van der Waals surface area contributed by atoms with E-state index in [0.29, 0.717) is 18.3 Å². The number of fused-ring (bicyclic) bond motifs is 1. The highest BCUT2D eigenvalue weighted by Gasteiger charge is 2.32. The fourth-order valence-corrected chi connectivity index (χ4v) is 3.94. The minimum absolute atomic E-state index is 0.273. The van der Waals surface area contributed by atoms with Crippen molar-refractivity contribution in [2.45, 2.75) is 58.2 Å². The van der Waals surface area contributed by atoms with E-state index in [-0.39, 0.29) is 5.97 Å². The van der Waals surface area contributed by atoms with Gasteiger partial charge in [-0.1, -0.05) is 12.8 Å². The van der Waals surface area contributed by atoms with Crippen LogP contribution < -0.4 is 0 Å². The molecule has 1 fully saturated rings. The Kier molecular flexibility index (Phi) is 5.56. The van der Waals surface area contributed by atoms with Crippen molar-refractivity contribution in [2.75, 3.05) is 33.8 Å². The predicted molar refractivity (Wildman–Crippen MR) is 93.1 cm³/mol. The average Bonchev–Trinajstić information content (AvgIpc) is 3.20. The van der Waals surface area contributed by atoms with Crippen molar-refractivity contribution >= 4 is 5.97 Å². The van der Waals surface area contributed by atoms with Gasteiger partial charge in [-0.3, -0.25) is 9.58 Å². The second-order valence-corrected chi connectivity index (χ2v) is 7.18. The highest BCUT2D eigenvalue weighted by Crippen LogP contribution is 2.30. The van der Waals surface area contributed by atoms with E-state index in [0.717, 1.165) is 38.2 Å². The third kappa shape index (κ3) is 3.64. The van der Waals surface area contributed by atoms with Crippen LogP contribution in [-0.4, -0.2) is 65.4 Å². The lowest BCUT2D eigenvalue weighted by molar-refractivity contribution is 0.0515. The fourth-order valence-electron chi connectivity index (χ4n) is 3.94.